The molecular formula is C22H19Cl4NO2. The summed E-state index contributed by atoms with van der Waals surface area (Å²) in [6.07, 6.45) is 0. The lowest BCUT2D eigenvalue weighted by Crippen LogP contribution is -2.04. The average Bonchev–Trinajstić information content (AvgIpc) is 2.70. The molecule has 3 aromatic carbocycles. The van der Waals surface area contributed by atoms with Crippen LogP contribution in [0, 0.1) is 0 Å². The minimum atomic E-state index is 0.291. The minimum absolute atomic E-state index is 0.291. The van der Waals surface area contributed by atoms with E-state index in [2.05, 4.69) is 5.32 Å². The van der Waals surface area contributed by atoms with Gasteiger partial charge >= 0.3 is 0 Å². The van der Waals surface area contributed by atoms with Crippen LogP contribution >= 0.6 is 46.4 Å². The van der Waals surface area contributed by atoms with Crippen molar-refractivity contribution in [2.24, 2.45) is 0 Å². The molecule has 0 unspecified atom stereocenters. The molecule has 29 heavy (non-hydrogen) atoms. The number of benzene rings is 3. The van der Waals surface area contributed by atoms with Gasteiger partial charge in [0, 0.05) is 17.3 Å². The number of hydrogen-bond donors (Lipinski definition) is 1. The van der Waals surface area contributed by atoms with Gasteiger partial charge in [-0.25, -0.2) is 0 Å². The summed E-state index contributed by atoms with van der Waals surface area (Å²) in [5.74, 6) is 1.09. The molecule has 0 fully saturated rings. The molecular weight excluding hydrogens is 452 g/mol. The molecule has 0 aliphatic heterocycles. The maximum absolute atomic E-state index is 6.50. The Hall–Kier alpha value is -1.78. The summed E-state index contributed by atoms with van der Waals surface area (Å²) in [7, 11) is 0. The van der Waals surface area contributed by atoms with E-state index in [-0.39, 0.29) is 0 Å². The molecule has 0 aliphatic rings. The topological polar surface area (TPSA) is 30.5 Å². The zero-order chi connectivity index (χ0) is 20.8. The highest BCUT2D eigenvalue weighted by Crippen LogP contribution is 2.37. The van der Waals surface area contributed by atoms with Crippen LogP contribution in [0.2, 0.25) is 20.1 Å². The van der Waals surface area contributed by atoms with Gasteiger partial charge in [0.1, 0.15) is 6.61 Å². The predicted octanol–water partition coefficient (Wildman–Crippen LogP) is 7.89. The van der Waals surface area contributed by atoms with Crippen molar-refractivity contribution in [3.63, 3.8) is 0 Å². The SMILES string of the molecule is CCOc1cc(CNc2ccc(Cl)cc2)cc(Cl)c1OCc1ccc(Cl)c(Cl)c1. The first kappa shape index (κ1) is 21.9. The number of nitrogens with one attached hydrogen (secondary N) is 1. The van der Waals surface area contributed by atoms with Gasteiger partial charge in [-0.05, 0) is 66.6 Å². The van der Waals surface area contributed by atoms with Crippen LogP contribution in [0.3, 0.4) is 0 Å². The summed E-state index contributed by atoms with van der Waals surface area (Å²) in [4.78, 5) is 0. The first-order valence-electron chi connectivity index (χ1n) is 8.97. The van der Waals surface area contributed by atoms with Gasteiger partial charge in [-0.3, -0.25) is 0 Å². The maximum Gasteiger partial charge on any atom is 0.180 e. The molecule has 3 aromatic rings. The molecule has 3 rings (SSSR count). The van der Waals surface area contributed by atoms with Crippen molar-refractivity contribution < 1.29 is 9.47 Å². The van der Waals surface area contributed by atoms with Crippen molar-refractivity contribution in [3.05, 3.63) is 85.8 Å². The van der Waals surface area contributed by atoms with Crippen molar-refractivity contribution in [1.82, 2.24) is 0 Å². The van der Waals surface area contributed by atoms with Gasteiger partial charge in [-0.15, -0.1) is 0 Å². The summed E-state index contributed by atoms with van der Waals surface area (Å²) in [6.45, 7) is 3.27. The van der Waals surface area contributed by atoms with Crippen molar-refractivity contribution in [2.45, 2.75) is 20.1 Å². The summed E-state index contributed by atoms with van der Waals surface area (Å²) in [5.41, 5.74) is 2.81. The standard InChI is InChI=1S/C22H19Cl4NO2/c1-2-28-21-11-15(12-27-17-6-4-16(23)5-7-17)10-20(26)22(21)29-13-14-3-8-18(24)19(25)9-14/h3-11,27H,2,12-13H2,1H3. The fraction of sp³-hybridized carbons (Fsp3) is 0.182. The van der Waals surface area contributed by atoms with Crippen LogP contribution in [0.25, 0.3) is 0 Å². The third kappa shape index (κ3) is 6.10. The van der Waals surface area contributed by atoms with E-state index in [0.29, 0.717) is 51.3 Å². The number of halogens is 4. The fourth-order valence-electron chi connectivity index (χ4n) is 2.68. The first-order chi connectivity index (χ1) is 14.0. The highest BCUT2D eigenvalue weighted by molar-refractivity contribution is 6.42. The molecule has 0 saturated heterocycles. The van der Waals surface area contributed by atoms with Crippen molar-refractivity contribution in [3.8, 4) is 11.5 Å². The molecule has 7 heteroatoms. The van der Waals surface area contributed by atoms with Gasteiger partial charge in [-0.2, -0.15) is 0 Å². The Morgan fingerprint density at radius 3 is 2.17 bits per heavy atom. The third-order valence-electron chi connectivity index (χ3n) is 4.08. The maximum atomic E-state index is 6.50. The van der Waals surface area contributed by atoms with Crippen LogP contribution in [0.5, 0.6) is 11.5 Å². The Labute approximate surface area is 190 Å². The Bertz CT molecular complexity index is 977. The van der Waals surface area contributed by atoms with Crippen LogP contribution < -0.4 is 14.8 Å². The second kappa shape index (κ2) is 10.3. The average molecular weight is 471 g/mol. The van der Waals surface area contributed by atoms with Crippen LogP contribution in [-0.4, -0.2) is 6.61 Å². The number of rotatable bonds is 8. The largest absolute Gasteiger partial charge is 0.490 e. The molecule has 3 nitrogen and oxygen atoms in total. The molecule has 0 aromatic heterocycles. The molecule has 0 saturated carbocycles. The Morgan fingerprint density at radius 2 is 1.48 bits per heavy atom. The molecule has 0 spiro atoms. The smallest absolute Gasteiger partial charge is 0.180 e. The lowest BCUT2D eigenvalue weighted by Gasteiger charge is -2.16. The molecule has 1 N–H and O–H groups in total. The van der Waals surface area contributed by atoms with Gasteiger partial charge in [0.25, 0.3) is 0 Å². The number of hydrogen-bond acceptors (Lipinski definition) is 3. The highest BCUT2D eigenvalue weighted by Gasteiger charge is 2.13. The molecule has 0 radical (unpaired) electrons. The van der Waals surface area contributed by atoms with E-state index in [9.17, 15) is 0 Å². The van der Waals surface area contributed by atoms with Gasteiger partial charge in [0.2, 0.25) is 0 Å². The summed E-state index contributed by atoms with van der Waals surface area (Å²) in [6, 6.07) is 16.6. The van der Waals surface area contributed by atoms with E-state index in [0.717, 1.165) is 16.8 Å². The predicted molar refractivity (Wildman–Crippen MR) is 122 cm³/mol. The summed E-state index contributed by atoms with van der Waals surface area (Å²) in [5, 5.41) is 5.48. The molecule has 0 atom stereocenters. The Kier molecular flexibility index (Phi) is 7.79. The van der Waals surface area contributed by atoms with Gasteiger partial charge in [0.05, 0.1) is 21.7 Å². The van der Waals surface area contributed by atoms with Crippen molar-refractivity contribution >= 4 is 52.1 Å². The van der Waals surface area contributed by atoms with E-state index in [4.69, 9.17) is 55.9 Å². The molecule has 0 heterocycles. The van der Waals surface area contributed by atoms with Crippen molar-refractivity contribution in [2.75, 3.05) is 11.9 Å². The molecule has 0 bridgehead atoms. The van der Waals surface area contributed by atoms with Crippen LogP contribution in [0.1, 0.15) is 18.1 Å². The highest BCUT2D eigenvalue weighted by atomic mass is 35.5. The van der Waals surface area contributed by atoms with Gasteiger partial charge in [-0.1, -0.05) is 52.5 Å². The lowest BCUT2D eigenvalue weighted by molar-refractivity contribution is 0.269. The second-order valence-corrected chi connectivity index (χ2v) is 7.89. The van der Waals surface area contributed by atoms with E-state index in [1.807, 2.05) is 49.4 Å². The van der Waals surface area contributed by atoms with Crippen molar-refractivity contribution in [1.29, 1.82) is 0 Å². The molecule has 0 aliphatic carbocycles. The van der Waals surface area contributed by atoms with E-state index in [1.54, 1.807) is 12.1 Å². The number of anilines is 1. The minimum Gasteiger partial charge on any atom is -0.490 e. The van der Waals surface area contributed by atoms with Gasteiger partial charge < -0.3 is 14.8 Å². The Balaban J connectivity index is 1.74. The number of ether oxygens (including phenoxy) is 2. The summed E-state index contributed by atoms with van der Waals surface area (Å²) >= 11 is 24.5. The zero-order valence-corrected chi connectivity index (χ0v) is 18.7. The van der Waals surface area contributed by atoms with Crippen LogP contribution in [-0.2, 0) is 13.2 Å². The third-order valence-corrected chi connectivity index (χ3v) is 5.35. The normalized spacial score (nSPS) is 10.7. The van der Waals surface area contributed by atoms with E-state index >= 15 is 0 Å². The molecule has 152 valence electrons. The first-order valence-corrected chi connectivity index (χ1v) is 10.5. The van der Waals surface area contributed by atoms with Gasteiger partial charge in [0.15, 0.2) is 11.5 Å². The zero-order valence-electron chi connectivity index (χ0n) is 15.6. The van der Waals surface area contributed by atoms with E-state index < -0.39 is 0 Å². The quantitative estimate of drug-likeness (QED) is 0.363. The second-order valence-electron chi connectivity index (χ2n) is 6.24. The lowest BCUT2D eigenvalue weighted by atomic mass is 10.2. The molecule has 0 amide bonds. The summed E-state index contributed by atoms with van der Waals surface area (Å²) < 4.78 is 11.7. The monoisotopic (exact) mass is 469 g/mol. The fourth-order valence-corrected chi connectivity index (χ4v) is 3.42. The van der Waals surface area contributed by atoms with Crippen LogP contribution in [0.15, 0.2) is 54.6 Å². The Morgan fingerprint density at radius 1 is 0.759 bits per heavy atom. The van der Waals surface area contributed by atoms with E-state index in [1.165, 1.54) is 0 Å². The van der Waals surface area contributed by atoms with Crippen LogP contribution in [0.4, 0.5) is 5.69 Å².